The zero-order valence-electron chi connectivity index (χ0n) is 10.6. The summed E-state index contributed by atoms with van der Waals surface area (Å²) >= 11 is 0. The van der Waals surface area contributed by atoms with E-state index in [0.29, 0.717) is 5.92 Å². The molecule has 4 heteroatoms. The third-order valence-corrected chi connectivity index (χ3v) is 3.54. The second kappa shape index (κ2) is 4.77. The van der Waals surface area contributed by atoms with Crippen LogP contribution in [0.5, 0.6) is 0 Å². The van der Waals surface area contributed by atoms with Gasteiger partial charge in [-0.25, -0.2) is 0 Å². The Balaban J connectivity index is 1.56. The lowest BCUT2D eigenvalue weighted by Crippen LogP contribution is -2.26. The van der Waals surface area contributed by atoms with E-state index in [-0.39, 0.29) is 0 Å². The van der Waals surface area contributed by atoms with Crippen LogP contribution in [0.1, 0.15) is 56.7 Å². The molecule has 0 amide bonds. The molecule has 2 fully saturated rings. The highest BCUT2D eigenvalue weighted by Crippen LogP contribution is 2.38. The van der Waals surface area contributed by atoms with Gasteiger partial charge in [-0.1, -0.05) is 12.1 Å². The minimum absolute atomic E-state index is 0.593. The molecule has 0 bridgehead atoms. The Morgan fingerprint density at radius 3 is 2.76 bits per heavy atom. The summed E-state index contributed by atoms with van der Waals surface area (Å²) in [5.41, 5.74) is 0. The summed E-state index contributed by atoms with van der Waals surface area (Å²) in [6.07, 6.45) is 6.46. The van der Waals surface area contributed by atoms with E-state index in [4.69, 9.17) is 4.52 Å². The average molecular weight is 235 g/mol. The fourth-order valence-electron chi connectivity index (χ4n) is 2.25. The predicted molar refractivity (Wildman–Crippen MR) is 64.6 cm³/mol. The van der Waals surface area contributed by atoms with Crippen molar-refractivity contribution in [1.29, 1.82) is 0 Å². The average Bonchev–Trinajstić information content (AvgIpc) is 3.21. The van der Waals surface area contributed by atoms with Crippen LogP contribution in [-0.4, -0.2) is 28.1 Å². The van der Waals surface area contributed by atoms with E-state index in [2.05, 4.69) is 22.0 Å². The molecule has 0 atom stereocenters. The van der Waals surface area contributed by atoms with Crippen molar-refractivity contribution >= 4 is 0 Å². The van der Waals surface area contributed by atoms with Crippen LogP contribution in [0.4, 0.5) is 0 Å². The number of hydrogen-bond acceptors (Lipinski definition) is 4. The van der Waals surface area contributed by atoms with Gasteiger partial charge in [-0.05, 0) is 44.6 Å². The Hall–Kier alpha value is -0.900. The molecule has 3 rings (SSSR count). The monoisotopic (exact) mass is 235 g/mol. The van der Waals surface area contributed by atoms with E-state index in [9.17, 15) is 0 Å². The highest BCUT2D eigenvalue weighted by atomic mass is 16.5. The zero-order valence-corrected chi connectivity index (χ0v) is 10.6. The summed E-state index contributed by atoms with van der Waals surface area (Å²) in [7, 11) is 0. The zero-order chi connectivity index (χ0) is 11.7. The first kappa shape index (κ1) is 11.2. The van der Waals surface area contributed by atoms with Gasteiger partial charge in [0.25, 0.3) is 0 Å². The summed E-state index contributed by atoms with van der Waals surface area (Å²) < 4.78 is 5.34. The molecular weight excluding hydrogens is 214 g/mol. The van der Waals surface area contributed by atoms with E-state index in [0.717, 1.165) is 30.7 Å². The number of aromatic nitrogens is 2. The third-order valence-electron chi connectivity index (χ3n) is 3.54. The second-order valence-electron chi connectivity index (χ2n) is 5.50. The fraction of sp³-hybridized carbons (Fsp3) is 0.846. The molecule has 0 aliphatic heterocycles. The van der Waals surface area contributed by atoms with E-state index in [1.807, 2.05) is 0 Å². The van der Waals surface area contributed by atoms with Crippen LogP contribution in [0.2, 0.25) is 0 Å². The summed E-state index contributed by atoms with van der Waals surface area (Å²) in [6.45, 7) is 5.40. The van der Waals surface area contributed by atoms with Gasteiger partial charge in [0.1, 0.15) is 0 Å². The van der Waals surface area contributed by atoms with Crippen LogP contribution in [0.25, 0.3) is 0 Å². The fourth-order valence-corrected chi connectivity index (χ4v) is 2.25. The van der Waals surface area contributed by atoms with Gasteiger partial charge in [-0.3, -0.25) is 4.90 Å². The molecule has 2 aliphatic rings. The quantitative estimate of drug-likeness (QED) is 0.728. The topological polar surface area (TPSA) is 42.2 Å². The summed E-state index contributed by atoms with van der Waals surface area (Å²) in [4.78, 5) is 6.96. The molecule has 1 aromatic heterocycles. The highest BCUT2D eigenvalue weighted by molar-refractivity contribution is 5.03. The van der Waals surface area contributed by atoms with Gasteiger partial charge in [0.05, 0.1) is 6.54 Å². The van der Waals surface area contributed by atoms with Crippen molar-refractivity contribution in [1.82, 2.24) is 15.0 Å². The molecule has 2 saturated carbocycles. The normalized spacial score (nSPS) is 20.1. The number of rotatable bonds is 7. The molecule has 1 aromatic rings. The highest BCUT2D eigenvalue weighted by Gasteiger charge is 2.29. The second-order valence-corrected chi connectivity index (χ2v) is 5.50. The standard InChI is InChI=1S/C13H21N3O/c1-2-7-16(8-10-3-4-10)9-12-14-13(15-17-12)11-5-6-11/h10-11H,2-9H2,1H3. The van der Waals surface area contributed by atoms with Gasteiger partial charge in [0, 0.05) is 12.5 Å². The maximum absolute atomic E-state index is 5.34. The minimum atomic E-state index is 0.593. The Morgan fingerprint density at radius 2 is 2.12 bits per heavy atom. The molecule has 0 saturated heterocycles. The number of hydrogen-bond donors (Lipinski definition) is 0. The van der Waals surface area contributed by atoms with Gasteiger partial charge < -0.3 is 4.52 Å². The third kappa shape index (κ3) is 3.06. The molecule has 2 aliphatic carbocycles. The molecule has 0 unspecified atom stereocenters. The summed E-state index contributed by atoms with van der Waals surface area (Å²) in [5, 5.41) is 4.07. The van der Waals surface area contributed by atoms with Crippen molar-refractivity contribution in [2.45, 2.75) is 51.5 Å². The molecule has 4 nitrogen and oxygen atoms in total. The first-order chi connectivity index (χ1) is 8.35. The van der Waals surface area contributed by atoms with Crippen LogP contribution in [0.15, 0.2) is 4.52 Å². The van der Waals surface area contributed by atoms with Crippen molar-refractivity contribution in [3.63, 3.8) is 0 Å². The molecule has 17 heavy (non-hydrogen) atoms. The molecule has 0 spiro atoms. The lowest BCUT2D eigenvalue weighted by Gasteiger charge is -2.18. The van der Waals surface area contributed by atoms with Crippen molar-refractivity contribution in [2.75, 3.05) is 13.1 Å². The minimum Gasteiger partial charge on any atom is -0.338 e. The Bertz CT molecular complexity index is 368. The van der Waals surface area contributed by atoms with Crippen molar-refractivity contribution in [2.24, 2.45) is 5.92 Å². The number of nitrogens with zero attached hydrogens (tertiary/aromatic N) is 3. The van der Waals surface area contributed by atoms with Crippen molar-refractivity contribution in [3.8, 4) is 0 Å². The maximum Gasteiger partial charge on any atom is 0.240 e. The molecule has 0 aromatic carbocycles. The van der Waals surface area contributed by atoms with E-state index in [1.54, 1.807) is 0 Å². The maximum atomic E-state index is 5.34. The largest absolute Gasteiger partial charge is 0.338 e. The molecular formula is C13H21N3O. The smallest absolute Gasteiger partial charge is 0.240 e. The van der Waals surface area contributed by atoms with Gasteiger partial charge in [-0.15, -0.1) is 0 Å². The molecule has 0 radical (unpaired) electrons. The Kier molecular flexibility index (Phi) is 3.14. The van der Waals surface area contributed by atoms with Crippen LogP contribution < -0.4 is 0 Å². The van der Waals surface area contributed by atoms with Crippen LogP contribution in [-0.2, 0) is 6.54 Å². The lowest BCUT2D eigenvalue weighted by molar-refractivity contribution is 0.218. The molecule has 94 valence electrons. The predicted octanol–water partition coefficient (Wildman–Crippen LogP) is 2.57. The molecule has 1 heterocycles. The Morgan fingerprint density at radius 1 is 1.29 bits per heavy atom. The van der Waals surface area contributed by atoms with Crippen LogP contribution in [0.3, 0.4) is 0 Å². The SMILES string of the molecule is CCCN(Cc1nc(C2CC2)no1)CC1CC1. The Labute approximate surface area is 102 Å². The van der Waals surface area contributed by atoms with Crippen molar-refractivity contribution < 1.29 is 4.52 Å². The molecule has 0 N–H and O–H groups in total. The van der Waals surface area contributed by atoms with Crippen LogP contribution >= 0.6 is 0 Å². The lowest BCUT2D eigenvalue weighted by atomic mass is 10.3. The van der Waals surface area contributed by atoms with Crippen LogP contribution in [0, 0.1) is 5.92 Å². The van der Waals surface area contributed by atoms with Gasteiger partial charge >= 0.3 is 0 Å². The first-order valence-electron chi connectivity index (χ1n) is 6.90. The van der Waals surface area contributed by atoms with Gasteiger partial charge in [0.15, 0.2) is 5.82 Å². The first-order valence-corrected chi connectivity index (χ1v) is 6.90. The van der Waals surface area contributed by atoms with Crippen molar-refractivity contribution in [3.05, 3.63) is 11.7 Å². The van der Waals surface area contributed by atoms with Gasteiger partial charge in [0.2, 0.25) is 5.89 Å². The van der Waals surface area contributed by atoms with Gasteiger partial charge in [-0.2, -0.15) is 4.98 Å². The summed E-state index contributed by atoms with van der Waals surface area (Å²) in [5.74, 6) is 3.26. The summed E-state index contributed by atoms with van der Waals surface area (Å²) in [6, 6.07) is 0. The van der Waals surface area contributed by atoms with E-state index < -0.39 is 0 Å². The van der Waals surface area contributed by atoms with E-state index in [1.165, 1.54) is 38.6 Å². The van der Waals surface area contributed by atoms with E-state index >= 15 is 0 Å².